The van der Waals surface area contributed by atoms with Gasteiger partial charge in [-0.15, -0.1) is 0 Å². The van der Waals surface area contributed by atoms with Crippen molar-refractivity contribution in [1.82, 2.24) is 9.97 Å². The number of nitrogens with zero attached hydrogens (tertiary/aromatic N) is 2. The van der Waals surface area contributed by atoms with Gasteiger partial charge in [-0.05, 0) is 13.3 Å². The standard InChI is InChI=1S/C15H25N3O/c1-6-7-8-9-16-13-10-12(11-19-5)17-14(18-13)15(2,3)4/h6-7,10H,8-9,11H2,1-5H3,(H,16,17,18)/b7-6+. The highest BCUT2D eigenvalue weighted by atomic mass is 16.5. The van der Waals surface area contributed by atoms with Gasteiger partial charge in [-0.1, -0.05) is 32.9 Å². The van der Waals surface area contributed by atoms with Gasteiger partial charge in [0.1, 0.15) is 11.6 Å². The minimum atomic E-state index is -0.0660. The predicted octanol–water partition coefficient (Wildman–Crippen LogP) is 3.30. The van der Waals surface area contributed by atoms with Gasteiger partial charge in [0.15, 0.2) is 0 Å². The molecule has 0 spiro atoms. The highest BCUT2D eigenvalue weighted by Gasteiger charge is 2.19. The van der Waals surface area contributed by atoms with E-state index in [0.29, 0.717) is 6.61 Å². The first-order valence-corrected chi connectivity index (χ1v) is 6.69. The van der Waals surface area contributed by atoms with Crippen LogP contribution in [0.1, 0.15) is 45.6 Å². The van der Waals surface area contributed by atoms with Gasteiger partial charge in [-0.3, -0.25) is 0 Å². The third kappa shape index (κ3) is 5.39. The molecule has 0 bridgehead atoms. The van der Waals surface area contributed by atoms with Gasteiger partial charge in [-0.25, -0.2) is 9.97 Å². The average Bonchev–Trinajstić information content (AvgIpc) is 2.34. The Morgan fingerprint density at radius 2 is 2.05 bits per heavy atom. The van der Waals surface area contributed by atoms with E-state index in [1.165, 1.54) is 0 Å². The van der Waals surface area contributed by atoms with Gasteiger partial charge >= 0.3 is 0 Å². The molecule has 0 aliphatic heterocycles. The SMILES string of the molecule is C/C=C/CCNc1cc(COC)nc(C(C)(C)C)n1. The van der Waals surface area contributed by atoms with Gasteiger partial charge in [0.2, 0.25) is 0 Å². The molecule has 1 aromatic heterocycles. The van der Waals surface area contributed by atoms with Crippen molar-refractivity contribution in [3.63, 3.8) is 0 Å². The number of ether oxygens (including phenoxy) is 1. The molecule has 0 aliphatic rings. The Kier molecular flexibility index (Phi) is 5.96. The van der Waals surface area contributed by atoms with Gasteiger partial charge in [-0.2, -0.15) is 0 Å². The number of hydrogen-bond donors (Lipinski definition) is 1. The van der Waals surface area contributed by atoms with Crippen LogP contribution < -0.4 is 5.32 Å². The van der Waals surface area contributed by atoms with Crippen LogP contribution in [-0.4, -0.2) is 23.6 Å². The summed E-state index contributed by atoms with van der Waals surface area (Å²) in [7, 11) is 1.68. The van der Waals surface area contributed by atoms with E-state index in [1.807, 2.05) is 13.0 Å². The maximum Gasteiger partial charge on any atom is 0.136 e. The maximum absolute atomic E-state index is 5.16. The summed E-state index contributed by atoms with van der Waals surface area (Å²) in [4.78, 5) is 9.13. The van der Waals surface area contributed by atoms with Gasteiger partial charge in [0.25, 0.3) is 0 Å². The molecule has 4 heteroatoms. The second-order valence-corrected chi connectivity index (χ2v) is 5.54. The molecular formula is C15H25N3O. The van der Waals surface area contributed by atoms with Crippen molar-refractivity contribution in [2.45, 2.75) is 46.1 Å². The maximum atomic E-state index is 5.16. The van der Waals surface area contributed by atoms with Crippen LogP contribution in [0.5, 0.6) is 0 Å². The number of methoxy groups -OCH3 is 1. The molecule has 0 fully saturated rings. The molecule has 106 valence electrons. The Balaban J connectivity index is 2.87. The first-order valence-electron chi connectivity index (χ1n) is 6.69. The molecule has 0 saturated heterocycles. The molecule has 0 aliphatic carbocycles. The van der Waals surface area contributed by atoms with Crippen LogP contribution in [0.2, 0.25) is 0 Å². The van der Waals surface area contributed by atoms with Crippen molar-refractivity contribution in [1.29, 1.82) is 0 Å². The Morgan fingerprint density at radius 1 is 1.32 bits per heavy atom. The fourth-order valence-corrected chi connectivity index (χ4v) is 1.60. The highest BCUT2D eigenvalue weighted by Crippen LogP contribution is 2.20. The van der Waals surface area contributed by atoms with E-state index in [1.54, 1.807) is 7.11 Å². The molecule has 1 aromatic rings. The lowest BCUT2D eigenvalue weighted by molar-refractivity contribution is 0.181. The largest absolute Gasteiger partial charge is 0.378 e. The van der Waals surface area contributed by atoms with Crippen molar-refractivity contribution < 1.29 is 4.74 Å². The van der Waals surface area contributed by atoms with Crippen molar-refractivity contribution in [2.24, 2.45) is 0 Å². The molecule has 1 rings (SSSR count). The van der Waals surface area contributed by atoms with Crippen LogP contribution >= 0.6 is 0 Å². The lowest BCUT2D eigenvalue weighted by Crippen LogP contribution is -2.18. The first kappa shape index (κ1) is 15.6. The third-order valence-corrected chi connectivity index (χ3v) is 2.60. The summed E-state index contributed by atoms with van der Waals surface area (Å²) in [6, 6.07) is 1.95. The van der Waals surface area contributed by atoms with Crippen LogP contribution in [0.15, 0.2) is 18.2 Å². The van der Waals surface area contributed by atoms with Crippen LogP contribution in [0.3, 0.4) is 0 Å². The topological polar surface area (TPSA) is 47.0 Å². The number of anilines is 1. The zero-order valence-corrected chi connectivity index (χ0v) is 12.7. The summed E-state index contributed by atoms with van der Waals surface area (Å²) in [6.07, 6.45) is 5.18. The Morgan fingerprint density at radius 3 is 2.63 bits per heavy atom. The molecule has 0 saturated carbocycles. The molecule has 1 N–H and O–H groups in total. The second-order valence-electron chi connectivity index (χ2n) is 5.54. The number of rotatable bonds is 6. The third-order valence-electron chi connectivity index (χ3n) is 2.60. The summed E-state index contributed by atoms with van der Waals surface area (Å²) in [5.41, 5.74) is 0.847. The Bertz CT molecular complexity index is 422. The van der Waals surface area contributed by atoms with Crippen molar-refractivity contribution in [3.8, 4) is 0 Å². The predicted molar refractivity (Wildman–Crippen MR) is 79.4 cm³/mol. The molecule has 0 amide bonds. The van der Waals surface area contributed by atoms with Crippen LogP contribution in [0.25, 0.3) is 0 Å². The van der Waals surface area contributed by atoms with Crippen LogP contribution in [0.4, 0.5) is 5.82 Å². The van der Waals surface area contributed by atoms with Crippen molar-refractivity contribution in [3.05, 3.63) is 29.7 Å². The molecule has 0 radical (unpaired) electrons. The van der Waals surface area contributed by atoms with Crippen molar-refractivity contribution >= 4 is 5.82 Å². The van der Waals surface area contributed by atoms with Gasteiger partial charge in [0.05, 0.1) is 12.3 Å². The van der Waals surface area contributed by atoms with E-state index in [9.17, 15) is 0 Å². The Hall–Kier alpha value is -1.42. The lowest BCUT2D eigenvalue weighted by Gasteiger charge is -2.18. The summed E-state index contributed by atoms with van der Waals surface area (Å²) < 4.78 is 5.16. The Labute approximate surface area is 116 Å². The summed E-state index contributed by atoms with van der Waals surface area (Å²) >= 11 is 0. The van der Waals surface area contributed by atoms with E-state index in [4.69, 9.17) is 4.74 Å². The molecular weight excluding hydrogens is 238 g/mol. The molecule has 19 heavy (non-hydrogen) atoms. The van der Waals surface area contributed by atoms with E-state index < -0.39 is 0 Å². The number of allylic oxidation sites excluding steroid dienone is 1. The summed E-state index contributed by atoms with van der Waals surface area (Å²) in [6.45, 7) is 9.75. The number of nitrogens with one attached hydrogen (secondary N) is 1. The van der Waals surface area contributed by atoms with Gasteiger partial charge < -0.3 is 10.1 Å². The highest BCUT2D eigenvalue weighted by molar-refractivity contribution is 5.37. The van der Waals surface area contributed by atoms with E-state index >= 15 is 0 Å². The molecule has 0 unspecified atom stereocenters. The molecule has 1 heterocycles. The molecule has 0 atom stereocenters. The lowest BCUT2D eigenvalue weighted by atomic mass is 9.95. The summed E-state index contributed by atoms with van der Waals surface area (Å²) in [5.74, 6) is 1.71. The smallest absolute Gasteiger partial charge is 0.136 e. The zero-order chi connectivity index (χ0) is 14.3. The van der Waals surface area contributed by atoms with Gasteiger partial charge in [0, 0.05) is 25.1 Å². The molecule has 4 nitrogen and oxygen atoms in total. The fourth-order valence-electron chi connectivity index (χ4n) is 1.60. The van der Waals surface area contributed by atoms with Crippen molar-refractivity contribution in [2.75, 3.05) is 19.0 Å². The number of hydrogen-bond acceptors (Lipinski definition) is 4. The minimum Gasteiger partial charge on any atom is -0.378 e. The zero-order valence-electron chi connectivity index (χ0n) is 12.7. The second kappa shape index (κ2) is 7.24. The fraction of sp³-hybridized carbons (Fsp3) is 0.600. The minimum absolute atomic E-state index is 0.0660. The molecule has 0 aromatic carbocycles. The van der Waals surface area contributed by atoms with E-state index in [-0.39, 0.29) is 5.41 Å². The summed E-state index contributed by atoms with van der Waals surface area (Å²) in [5, 5.41) is 3.33. The monoisotopic (exact) mass is 263 g/mol. The van der Waals surface area contributed by atoms with Crippen LogP contribution in [-0.2, 0) is 16.8 Å². The average molecular weight is 263 g/mol. The van der Waals surface area contributed by atoms with E-state index in [0.717, 1.165) is 30.3 Å². The first-order chi connectivity index (χ1) is 8.97. The quantitative estimate of drug-likeness (QED) is 0.632. The number of aromatic nitrogens is 2. The van der Waals surface area contributed by atoms with E-state index in [2.05, 4.69) is 48.2 Å². The normalized spacial score (nSPS) is 12.1. The van der Waals surface area contributed by atoms with Crippen LogP contribution in [0, 0.1) is 0 Å².